The summed E-state index contributed by atoms with van der Waals surface area (Å²) in [6, 6.07) is 9.55. The van der Waals surface area contributed by atoms with Crippen molar-refractivity contribution in [2.45, 2.75) is 0 Å². The van der Waals surface area contributed by atoms with Gasteiger partial charge in [0, 0.05) is 0 Å². The fraction of sp³-hybridized carbons (Fsp3) is 0.364. The fourth-order valence-electron chi connectivity index (χ4n) is 1.63. The van der Waals surface area contributed by atoms with Gasteiger partial charge in [-0.15, -0.1) is 0 Å². The summed E-state index contributed by atoms with van der Waals surface area (Å²) in [6.45, 7) is 1.40. The number of oxime groups is 1. The molecule has 1 N–H and O–H groups in total. The van der Waals surface area contributed by atoms with E-state index in [4.69, 9.17) is 14.7 Å². The molecule has 0 spiro atoms. The van der Waals surface area contributed by atoms with Crippen molar-refractivity contribution < 1.29 is 14.7 Å². The number of ether oxygens (including phenoxy) is 2. The second-order valence-electron chi connectivity index (χ2n) is 3.41. The number of benzene rings is 1. The average Bonchev–Trinajstić information content (AvgIpc) is 2.33. The van der Waals surface area contributed by atoms with Crippen LogP contribution >= 0.6 is 0 Å². The standard InChI is InChI=1S/C11H13NO3/c13-12-11(9-4-2-1-3-5-9)10-6-14-8-15-7-10/h1-5,10,13H,6-8H2. The molecule has 1 aromatic carbocycles. The van der Waals surface area contributed by atoms with Gasteiger partial charge in [-0.25, -0.2) is 0 Å². The van der Waals surface area contributed by atoms with Gasteiger partial charge < -0.3 is 14.7 Å². The summed E-state index contributed by atoms with van der Waals surface area (Å²) >= 11 is 0. The summed E-state index contributed by atoms with van der Waals surface area (Å²) in [4.78, 5) is 0. The van der Waals surface area contributed by atoms with Crippen molar-refractivity contribution in [2.75, 3.05) is 20.0 Å². The predicted molar refractivity (Wildman–Crippen MR) is 55.0 cm³/mol. The largest absolute Gasteiger partial charge is 0.411 e. The lowest BCUT2D eigenvalue weighted by Gasteiger charge is -2.23. The Labute approximate surface area is 88.1 Å². The van der Waals surface area contributed by atoms with E-state index in [2.05, 4.69) is 5.16 Å². The Morgan fingerprint density at radius 3 is 2.47 bits per heavy atom. The summed E-state index contributed by atoms with van der Waals surface area (Å²) in [5.74, 6) is 0.00569. The van der Waals surface area contributed by atoms with Crippen LogP contribution in [0.3, 0.4) is 0 Å². The van der Waals surface area contributed by atoms with Gasteiger partial charge in [0.15, 0.2) is 0 Å². The van der Waals surface area contributed by atoms with Crippen LogP contribution in [-0.4, -0.2) is 30.9 Å². The van der Waals surface area contributed by atoms with Gasteiger partial charge in [-0.3, -0.25) is 0 Å². The molecule has 0 aliphatic carbocycles. The van der Waals surface area contributed by atoms with E-state index in [9.17, 15) is 0 Å². The molecule has 0 saturated carbocycles. The van der Waals surface area contributed by atoms with E-state index in [-0.39, 0.29) is 5.92 Å². The molecule has 1 aliphatic rings. The smallest absolute Gasteiger partial charge is 0.146 e. The van der Waals surface area contributed by atoms with Crippen molar-refractivity contribution in [3.05, 3.63) is 35.9 Å². The Balaban J connectivity index is 2.17. The molecule has 1 aliphatic heterocycles. The van der Waals surface area contributed by atoms with Crippen LogP contribution in [0.2, 0.25) is 0 Å². The first-order chi connectivity index (χ1) is 7.42. The topological polar surface area (TPSA) is 51.1 Å². The van der Waals surface area contributed by atoms with Crippen LogP contribution in [0.4, 0.5) is 0 Å². The third kappa shape index (κ3) is 2.34. The first-order valence-corrected chi connectivity index (χ1v) is 4.84. The van der Waals surface area contributed by atoms with Crippen LogP contribution in [-0.2, 0) is 9.47 Å². The van der Waals surface area contributed by atoms with Gasteiger partial charge in [0.2, 0.25) is 0 Å². The third-order valence-corrected chi connectivity index (χ3v) is 2.37. The lowest BCUT2D eigenvalue weighted by atomic mass is 9.98. The summed E-state index contributed by atoms with van der Waals surface area (Å²) in [5, 5.41) is 12.3. The lowest BCUT2D eigenvalue weighted by molar-refractivity contribution is -0.111. The van der Waals surface area contributed by atoms with E-state index in [1.165, 1.54) is 0 Å². The van der Waals surface area contributed by atoms with E-state index in [0.717, 1.165) is 5.56 Å². The number of hydrogen-bond acceptors (Lipinski definition) is 4. The monoisotopic (exact) mass is 207 g/mol. The summed E-state index contributed by atoms with van der Waals surface area (Å²) in [5.41, 5.74) is 1.52. The van der Waals surface area contributed by atoms with E-state index < -0.39 is 0 Å². The van der Waals surface area contributed by atoms with Crippen LogP contribution in [0.15, 0.2) is 35.5 Å². The second-order valence-corrected chi connectivity index (χ2v) is 3.41. The maximum absolute atomic E-state index is 9.01. The normalized spacial score (nSPS) is 19.1. The van der Waals surface area contributed by atoms with Gasteiger partial charge in [-0.1, -0.05) is 35.5 Å². The van der Waals surface area contributed by atoms with Crippen molar-refractivity contribution in [1.82, 2.24) is 0 Å². The molecule has 0 bridgehead atoms. The minimum absolute atomic E-state index is 0.00569. The Hall–Kier alpha value is -1.39. The zero-order chi connectivity index (χ0) is 10.5. The van der Waals surface area contributed by atoms with E-state index in [0.29, 0.717) is 25.7 Å². The van der Waals surface area contributed by atoms with Gasteiger partial charge in [-0.05, 0) is 5.56 Å². The molecule has 15 heavy (non-hydrogen) atoms. The van der Waals surface area contributed by atoms with Gasteiger partial charge in [-0.2, -0.15) is 0 Å². The highest BCUT2D eigenvalue weighted by atomic mass is 16.7. The van der Waals surface area contributed by atoms with E-state index in [1.54, 1.807) is 0 Å². The molecule has 1 saturated heterocycles. The molecule has 1 fully saturated rings. The van der Waals surface area contributed by atoms with Gasteiger partial charge >= 0.3 is 0 Å². The van der Waals surface area contributed by atoms with Crippen molar-refractivity contribution in [3.63, 3.8) is 0 Å². The van der Waals surface area contributed by atoms with Crippen LogP contribution in [0, 0.1) is 5.92 Å². The maximum atomic E-state index is 9.01. The van der Waals surface area contributed by atoms with Crippen molar-refractivity contribution >= 4 is 5.71 Å². The molecule has 0 atom stereocenters. The van der Waals surface area contributed by atoms with Crippen molar-refractivity contribution in [2.24, 2.45) is 11.1 Å². The Kier molecular flexibility index (Phi) is 3.32. The SMILES string of the molecule is ON=C(c1ccccc1)C1COCOC1. The van der Waals surface area contributed by atoms with Crippen molar-refractivity contribution in [3.8, 4) is 0 Å². The summed E-state index contributed by atoms with van der Waals surface area (Å²) in [6.07, 6.45) is 0. The highest BCUT2D eigenvalue weighted by molar-refractivity contribution is 6.02. The molecule has 0 radical (unpaired) electrons. The van der Waals surface area contributed by atoms with E-state index in [1.807, 2.05) is 30.3 Å². The fourth-order valence-corrected chi connectivity index (χ4v) is 1.63. The summed E-state index contributed by atoms with van der Waals surface area (Å²) in [7, 11) is 0. The predicted octanol–water partition coefficient (Wildman–Crippen LogP) is 1.49. The highest BCUT2D eigenvalue weighted by Gasteiger charge is 2.22. The molecule has 80 valence electrons. The minimum atomic E-state index is 0.00569. The van der Waals surface area contributed by atoms with Crippen LogP contribution in [0.25, 0.3) is 0 Å². The molecule has 4 heteroatoms. The number of nitrogens with zero attached hydrogens (tertiary/aromatic N) is 1. The minimum Gasteiger partial charge on any atom is -0.411 e. The molecule has 1 heterocycles. The molecule has 0 amide bonds. The first-order valence-electron chi connectivity index (χ1n) is 4.84. The molecule has 2 rings (SSSR count). The van der Waals surface area contributed by atoms with Crippen molar-refractivity contribution in [1.29, 1.82) is 0 Å². The first kappa shape index (κ1) is 10.1. The molecule has 1 aromatic rings. The average molecular weight is 207 g/mol. The second kappa shape index (κ2) is 4.91. The van der Waals surface area contributed by atoms with Crippen LogP contribution in [0.1, 0.15) is 5.56 Å². The number of rotatable bonds is 2. The Morgan fingerprint density at radius 1 is 1.20 bits per heavy atom. The van der Waals surface area contributed by atoms with E-state index >= 15 is 0 Å². The lowest BCUT2D eigenvalue weighted by Crippen LogP contribution is -2.31. The molecule has 4 nitrogen and oxygen atoms in total. The van der Waals surface area contributed by atoms with Crippen LogP contribution < -0.4 is 0 Å². The summed E-state index contributed by atoms with van der Waals surface area (Å²) < 4.78 is 10.3. The van der Waals surface area contributed by atoms with Gasteiger partial charge in [0.1, 0.15) is 6.79 Å². The van der Waals surface area contributed by atoms with Crippen LogP contribution in [0.5, 0.6) is 0 Å². The number of hydrogen-bond donors (Lipinski definition) is 1. The molecule has 0 unspecified atom stereocenters. The maximum Gasteiger partial charge on any atom is 0.146 e. The Bertz CT molecular complexity index is 331. The zero-order valence-corrected chi connectivity index (χ0v) is 8.30. The zero-order valence-electron chi connectivity index (χ0n) is 8.30. The molecular weight excluding hydrogens is 194 g/mol. The Morgan fingerprint density at radius 2 is 1.87 bits per heavy atom. The molecule has 0 aromatic heterocycles. The molecular formula is C11H13NO3. The quantitative estimate of drug-likeness (QED) is 0.454. The third-order valence-electron chi connectivity index (χ3n) is 2.37. The van der Waals surface area contributed by atoms with Gasteiger partial charge in [0.25, 0.3) is 0 Å². The highest BCUT2D eigenvalue weighted by Crippen LogP contribution is 2.14. The van der Waals surface area contributed by atoms with Gasteiger partial charge in [0.05, 0.1) is 24.8 Å².